The third kappa shape index (κ3) is 6.64. The van der Waals surface area contributed by atoms with Gasteiger partial charge in [-0.15, -0.1) is 0 Å². The van der Waals surface area contributed by atoms with Crippen LogP contribution in [0.15, 0.2) is 65.5 Å². The molecule has 0 saturated carbocycles. The maximum absolute atomic E-state index is 12.3. The molecule has 0 spiro atoms. The minimum Gasteiger partial charge on any atom is -0.444 e. The summed E-state index contributed by atoms with van der Waals surface area (Å²) in [5.74, 6) is 0.256. The smallest absolute Gasteiger partial charge is 0.273 e. The number of benzene rings is 1. The highest BCUT2D eigenvalue weighted by atomic mass is 16.3. The van der Waals surface area contributed by atoms with E-state index in [9.17, 15) is 4.79 Å². The molecule has 2 heterocycles. The first-order chi connectivity index (χ1) is 15.7. The van der Waals surface area contributed by atoms with Gasteiger partial charge in [-0.1, -0.05) is 63.8 Å². The van der Waals surface area contributed by atoms with Crippen molar-refractivity contribution in [1.82, 2.24) is 15.3 Å². The van der Waals surface area contributed by atoms with Gasteiger partial charge in [0, 0.05) is 30.1 Å². The Morgan fingerprint density at radius 3 is 2.50 bits per heavy atom. The van der Waals surface area contributed by atoms with E-state index in [1.54, 1.807) is 6.20 Å². The number of nitrogens with zero attached hydrogens (tertiary/aromatic N) is 2. The van der Waals surface area contributed by atoms with Crippen LogP contribution >= 0.6 is 0 Å². The van der Waals surface area contributed by atoms with Gasteiger partial charge < -0.3 is 9.73 Å². The summed E-state index contributed by atoms with van der Waals surface area (Å²) in [5.41, 5.74) is 4.57. The first-order valence-corrected chi connectivity index (χ1v) is 11.7. The predicted molar refractivity (Wildman–Crippen MR) is 129 cm³/mol. The largest absolute Gasteiger partial charge is 0.444 e. The summed E-state index contributed by atoms with van der Waals surface area (Å²) >= 11 is 0. The number of amides is 1. The molecule has 0 aliphatic carbocycles. The van der Waals surface area contributed by atoms with Gasteiger partial charge in [0.1, 0.15) is 6.26 Å². The minimum absolute atomic E-state index is 0.193. The second kappa shape index (κ2) is 12.6. The number of hydrogen-bond acceptors (Lipinski definition) is 4. The summed E-state index contributed by atoms with van der Waals surface area (Å²) in [7, 11) is 0. The molecular formula is C27H33N3O2. The average molecular weight is 432 g/mol. The molecule has 0 aliphatic rings. The van der Waals surface area contributed by atoms with Gasteiger partial charge in [0.05, 0.1) is 0 Å². The molecule has 0 atom stereocenters. The monoisotopic (exact) mass is 431 g/mol. The number of hydrogen-bond donors (Lipinski definition) is 1. The quantitative estimate of drug-likeness (QED) is 0.325. The molecule has 0 bridgehead atoms. The summed E-state index contributed by atoms with van der Waals surface area (Å²) in [6.45, 7) is 5.01. The van der Waals surface area contributed by atoms with E-state index in [0.29, 0.717) is 18.1 Å². The Morgan fingerprint density at radius 1 is 1.00 bits per heavy atom. The van der Waals surface area contributed by atoms with Crippen molar-refractivity contribution in [2.45, 2.75) is 58.8 Å². The molecule has 3 aromatic rings. The topological polar surface area (TPSA) is 68.0 Å². The van der Waals surface area contributed by atoms with Crippen molar-refractivity contribution >= 4 is 11.5 Å². The van der Waals surface area contributed by atoms with Crippen LogP contribution in [-0.4, -0.2) is 22.4 Å². The number of carbonyl (C=O) groups is 1. The standard InChI is InChI=1S/C27H33N3O2/c1-3-5-7-8-12-24(23-11-10-17-28-19-23)21-13-15-22(16-14-21)27-30-25(20-32-27)26(31)29-18-9-6-4-2/h10-17,19-20H,3-9,18H2,1-2H3,(H,29,31)/b24-12+. The molecule has 5 heteroatoms. The molecule has 0 unspecified atom stereocenters. The molecule has 1 amide bonds. The number of rotatable bonds is 12. The molecule has 1 aromatic carbocycles. The predicted octanol–water partition coefficient (Wildman–Crippen LogP) is 6.67. The molecule has 0 saturated heterocycles. The van der Waals surface area contributed by atoms with E-state index in [-0.39, 0.29) is 5.91 Å². The van der Waals surface area contributed by atoms with Gasteiger partial charge in [0.25, 0.3) is 5.91 Å². The Kier molecular flexibility index (Phi) is 9.23. The number of unbranched alkanes of at least 4 members (excludes halogenated alkanes) is 5. The number of oxazole rings is 1. The average Bonchev–Trinajstić information content (AvgIpc) is 3.33. The van der Waals surface area contributed by atoms with Gasteiger partial charge in [-0.25, -0.2) is 4.98 Å². The van der Waals surface area contributed by atoms with E-state index in [1.807, 2.05) is 24.4 Å². The van der Waals surface area contributed by atoms with Crippen LogP contribution in [0.5, 0.6) is 0 Å². The lowest BCUT2D eigenvalue weighted by Crippen LogP contribution is -2.24. The molecule has 5 nitrogen and oxygen atoms in total. The van der Waals surface area contributed by atoms with E-state index in [2.05, 4.69) is 53.4 Å². The van der Waals surface area contributed by atoms with Gasteiger partial charge >= 0.3 is 0 Å². The Labute approximate surface area is 191 Å². The van der Waals surface area contributed by atoms with Gasteiger partial charge in [-0.2, -0.15) is 0 Å². The maximum Gasteiger partial charge on any atom is 0.273 e. The van der Waals surface area contributed by atoms with Crippen LogP contribution in [0.3, 0.4) is 0 Å². The van der Waals surface area contributed by atoms with Crippen molar-refractivity contribution in [2.75, 3.05) is 6.54 Å². The maximum atomic E-state index is 12.3. The lowest BCUT2D eigenvalue weighted by Gasteiger charge is -2.09. The molecule has 1 N–H and O–H groups in total. The van der Waals surface area contributed by atoms with Crippen LogP contribution in [0.2, 0.25) is 0 Å². The molecule has 168 valence electrons. The van der Waals surface area contributed by atoms with Gasteiger partial charge in [0.2, 0.25) is 5.89 Å². The van der Waals surface area contributed by atoms with Crippen LogP contribution in [0, 0.1) is 0 Å². The number of carbonyl (C=O) groups excluding carboxylic acids is 1. The van der Waals surface area contributed by atoms with Crippen molar-refractivity contribution in [2.24, 2.45) is 0 Å². The third-order valence-corrected chi connectivity index (χ3v) is 5.37. The van der Waals surface area contributed by atoms with Crippen molar-refractivity contribution in [1.29, 1.82) is 0 Å². The molecule has 3 rings (SSSR count). The molecule has 2 aromatic heterocycles. The first kappa shape index (κ1) is 23.5. The van der Waals surface area contributed by atoms with Crippen LogP contribution in [-0.2, 0) is 0 Å². The van der Waals surface area contributed by atoms with Gasteiger partial charge in [-0.05, 0) is 48.6 Å². The number of allylic oxidation sites excluding steroid dienone is 1. The molecule has 0 aliphatic heterocycles. The highest BCUT2D eigenvalue weighted by molar-refractivity contribution is 5.92. The zero-order valence-corrected chi connectivity index (χ0v) is 19.1. The number of nitrogens with one attached hydrogen (secondary N) is 1. The lowest BCUT2D eigenvalue weighted by atomic mass is 9.96. The molecular weight excluding hydrogens is 398 g/mol. The third-order valence-electron chi connectivity index (χ3n) is 5.37. The Morgan fingerprint density at radius 2 is 1.78 bits per heavy atom. The Hall–Kier alpha value is -3.21. The molecule has 32 heavy (non-hydrogen) atoms. The van der Waals surface area contributed by atoms with Crippen LogP contribution in [0.25, 0.3) is 17.0 Å². The molecule has 0 radical (unpaired) electrons. The second-order valence-corrected chi connectivity index (χ2v) is 7.93. The highest BCUT2D eigenvalue weighted by Gasteiger charge is 2.13. The van der Waals surface area contributed by atoms with Crippen molar-refractivity contribution in [3.8, 4) is 11.5 Å². The molecule has 0 fully saturated rings. The SMILES string of the molecule is CCCCC/C=C(\c1ccc(-c2nc(C(=O)NCCCCC)co2)cc1)c1cccnc1. The fourth-order valence-corrected chi connectivity index (χ4v) is 3.54. The van der Waals surface area contributed by atoms with Crippen LogP contribution in [0.1, 0.15) is 80.4 Å². The first-order valence-electron chi connectivity index (χ1n) is 11.7. The Bertz CT molecular complexity index is 991. The summed E-state index contributed by atoms with van der Waals surface area (Å²) in [6.07, 6.45) is 15.3. The van der Waals surface area contributed by atoms with E-state index in [1.165, 1.54) is 31.1 Å². The van der Waals surface area contributed by atoms with Crippen molar-refractivity contribution < 1.29 is 9.21 Å². The van der Waals surface area contributed by atoms with Crippen molar-refractivity contribution in [3.63, 3.8) is 0 Å². The van der Waals surface area contributed by atoms with E-state index < -0.39 is 0 Å². The van der Waals surface area contributed by atoms with Gasteiger partial charge in [0.15, 0.2) is 5.69 Å². The van der Waals surface area contributed by atoms with E-state index in [4.69, 9.17) is 4.42 Å². The van der Waals surface area contributed by atoms with E-state index in [0.717, 1.165) is 42.4 Å². The van der Waals surface area contributed by atoms with E-state index >= 15 is 0 Å². The van der Waals surface area contributed by atoms with Crippen LogP contribution < -0.4 is 5.32 Å². The zero-order valence-electron chi connectivity index (χ0n) is 19.1. The normalized spacial score (nSPS) is 11.5. The summed E-state index contributed by atoms with van der Waals surface area (Å²) in [4.78, 5) is 20.9. The van der Waals surface area contributed by atoms with Crippen LogP contribution in [0.4, 0.5) is 0 Å². The summed E-state index contributed by atoms with van der Waals surface area (Å²) in [5, 5.41) is 2.89. The number of pyridine rings is 1. The van der Waals surface area contributed by atoms with Gasteiger partial charge in [-0.3, -0.25) is 9.78 Å². The lowest BCUT2D eigenvalue weighted by molar-refractivity contribution is 0.0948. The Balaban J connectivity index is 1.73. The fraction of sp³-hybridized carbons (Fsp3) is 0.370. The fourth-order valence-electron chi connectivity index (χ4n) is 3.54. The van der Waals surface area contributed by atoms with Crippen molar-refractivity contribution in [3.05, 3.63) is 78.0 Å². The second-order valence-electron chi connectivity index (χ2n) is 7.93. The summed E-state index contributed by atoms with van der Waals surface area (Å²) in [6, 6.07) is 12.2. The number of aromatic nitrogens is 2. The zero-order chi connectivity index (χ0) is 22.6. The summed E-state index contributed by atoms with van der Waals surface area (Å²) < 4.78 is 5.58. The highest BCUT2D eigenvalue weighted by Crippen LogP contribution is 2.27. The minimum atomic E-state index is -0.193.